The summed E-state index contributed by atoms with van der Waals surface area (Å²) in [7, 11) is 1.67. The fraction of sp³-hybridized carbons (Fsp3) is 0.619. The molecule has 4 heteroatoms. The molecule has 2 aliphatic rings. The molecule has 0 heterocycles. The highest BCUT2D eigenvalue weighted by Gasteiger charge is 2.48. The van der Waals surface area contributed by atoms with E-state index in [1.807, 2.05) is 19.1 Å². The molecular formula is C21H28O4. The molecule has 3 atom stereocenters. The summed E-state index contributed by atoms with van der Waals surface area (Å²) < 4.78 is 10.7. The van der Waals surface area contributed by atoms with Crippen molar-refractivity contribution < 1.29 is 19.1 Å². The van der Waals surface area contributed by atoms with Crippen LogP contribution in [0.25, 0.3) is 0 Å². The largest absolute Gasteiger partial charge is 0.497 e. The van der Waals surface area contributed by atoms with Gasteiger partial charge in [0.2, 0.25) is 0 Å². The first-order valence-electron chi connectivity index (χ1n) is 9.42. The molecule has 0 aliphatic heterocycles. The van der Waals surface area contributed by atoms with Crippen molar-refractivity contribution in [1.82, 2.24) is 0 Å². The number of hydrogen-bond acceptors (Lipinski definition) is 4. The number of esters is 1. The van der Waals surface area contributed by atoms with Gasteiger partial charge in [-0.3, -0.25) is 9.59 Å². The van der Waals surface area contributed by atoms with E-state index in [4.69, 9.17) is 9.47 Å². The lowest BCUT2D eigenvalue weighted by molar-refractivity contribution is -0.161. The predicted molar refractivity (Wildman–Crippen MR) is 95.6 cm³/mol. The van der Waals surface area contributed by atoms with Crippen molar-refractivity contribution in [2.24, 2.45) is 11.3 Å². The van der Waals surface area contributed by atoms with Gasteiger partial charge in [-0.05, 0) is 62.6 Å². The number of rotatable bonds is 4. The van der Waals surface area contributed by atoms with Crippen LogP contribution in [0.2, 0.25) is 0 Å². The molecule has 0 radical (unpaired) electrons. The first-order chi connectivity index (χ1) is 12.1. The zero-order valence-corrected chi connectivity index (χ0v) is 15.3. The molecule has 0 amide bonds. The van der Waals surface area contributed by atoms with Crippen molar-refractivity contribution >= 4 is 11.8 Å². The molecule has 136 valence electrons. The van der Waals surface area contributed by atoms with Crippen molar-refractivity contribution in [2.75, 3.05) is 13.7 Å². The van der Waals surface area contributed by atoms with E-state index in [-0.39, 0.29) is 11.9 Å². The number of Topliss-reactive ketones (excluding diaryl/α,β-unsaturated/α-hetero) is 1. The third kappa shape index (κ3) is 3.73. The molecule has 2 saturated carbocycles. The summed E-state index contributed by atoms with van der Waals surface area (Å²) in [5.41, 5.74) is 0.749. The molecule has 0 aromatic heterocycles. The zero-order chi connectivity index (χ0) is 17.9. The van der Waals surface area contributed by atoms with Gasteiger partial charge in [0.1, 0.15) is 11.5 Å². The molecule has 0 spiro atoms. The molecule has 1 aromatic rings. The maximum absolute atomic E-state index is 12.8. The van der Waals surface area contributed by atoms with Gasteiger partial charge in [0.05, 0.1) is 19.1 Å². The molecule has 4 nitrogen and oxygen atoms in total. The molecular weight excluding hydrogens is 316 g/mol. The molecule has 0 saturated heterocycles. The summed E-state index contributed by atoms with van der Waals surface area (Å²) in [4.78, 5) is 25.1. The Labute approximate surface area is 149 Å². The van der Waals surface area contributed by atoms with Gasteiger partial charge < -0.3 is 9.47 Å². The van der Waals surface area contributed by atoms with E-state index in [0.717, 1.165) is 31.4 Å². The first kappa shape index (κ1) is 18.0. The SMILES string of the molecule is CCOC(=O)C12CCC(=O)C(CCCC(c3ccc(OC)cc3)C1)C2. The molecule has 2 fully saturated rings. The van der Waals surface area contributed by atoms with Crippen LogP contribution in [-0.2, 0) is 14.3 Å². The Morgan fingerprint density at radius 2 is 1.84 bits per heavy atom. The second kappa shape index (κ2) is 7.59. The molecule has 25 heavy (non-hydrogen) atoms. The Morgan fingerprint density at radius 1 is 1.16 bits per heavy atom. The van der Waals surface area contributed by atoms with Crippen LogP contribution in [0.5, 0.6) is 5.75 Å². The van der Waals surface area contributed by atoms with Crippen LogP contribution in [-0.4, -0.2) is 25.5 Å². The quantitative estimate of drug-likeness (QED) is 0.765. The molecule has 2 bridgehead atoms. The maximum Gasteiger partial charge on any atom is 0.312 e. The summed E-state index contributed by atoms with van der Waals surface area (Å²) in [6, 6.07) is 8.18. The summed E-state index contributed by atoms with van der Waals surface area (Å²) >= 11 is 0. The van der Waals surface area contributed by atoms with Crippen molar-refractivity contribution in [3.8, 4) is 5.75 Å². The van der Waals surface area contributed by atoms with Crippen molar-refractivity contribution in [3.05, 3.63) is 29.8 Å². The Morgan fingerprint density at radius 3 is 2.52 bits per heavy atom. The Balaban J connectivity index is 1.88. The molecule has 0 N–H and O–H groups in total. The van der Waals surface area contributed by atoms with Crippen LogP contribution in [0.4, 0.5) is 0 Å². The average Bonchev–Trinajstić information content (AvgIpc) is 2.61. The highest BCUT2D eigenvalue weighted by Crippen LogP contribution is 2.50. The number of methoxy groups -OCH3 is 1. The molecule has 3 unspecified atom stereocenters. The standard InChI is InChI=1S/C21H28O4/c1-3-25-20(23)21-12-11-19(22)17(14-21)6-4-5-16(13-21)15-7-9-18(24-2)10-8-15/h7-10,16-17H,3-6,11-14H2,1-2H3. The van der Waals surface area contributed by atoms with Gasteiger partial charge in [-0.15, -0.1) is 0 Å². The van der Waals surface area contributed by atoms with Crippen LogP contribution in [0.15, 0.2) is 24.3 Å². The summed E-state index contributed by atoms with van der Waals surface area (Å²) in [5.74, 6) is 1.44. The van der Waals surface area contributed by atoms with Crippen LogP contribution in [0.1, 0.15) is 63.4 Å². The van der Waals surface area contributed by atoms with Crippen molar-refractivity contribution in [2.45, 2.75) is 57.8 Å². The lowest BCUT2D eigenvalue weighted by Crippen LogP contribution is -2.43. The predicted octanol–water partition coefficient (Wildman–Crippen LogP) is 4.27. The minimum atomic E-state index is -0.500. The third-order valence-corrected chi connectivity index (χ3v) is 5.98. The number of fused-ring (bicyclic) bond motifs is 2. The van der Waals surface area contributed by atoms with E-state index >= 15 is 0 Å². The third-order valence-electron chi connectivity index (χ3n) is 5.98. The normalized spacial score (nSPS) is 29.4. The highest BCUT2D eigenvalue weighted by molar-refractivity contribution is 5.86. The Bertz CT molecular complexity index is 621. The monoisotopic (exact) mass is 344 g/mol. The number of benzene rings is 1. The lowest BCUT2D eigenvalue weighted by atomic mass is 9.61. The topological polar surface area (TPSA) is 52.6 Å². The van der Waals surface area contributed by atoms with Gasteiger partial charge in [-0.1, -0.05) is 18.6 Å². The average molecular weight is 344 g/mol. The van der Waals surface area contributed by atoms with Gasteiger partial charge in [0, 0.05) is 12.3 Å². The van der Waals surface area contributed by atoms with E-state index in [2.05, 4.69) is 12.1 Å². The lowest BCUT2D eigenvalue weighted by Gasteiger charge is -2.42. The van der Waals surface area contributed by atoms with E-state index < -0.39 is 5.41 Å². The van der Waals surface area contributed by atoms with E-state index in [1.54, 1.807) is 7.11 Å². The smallest absolute Gasteiger partial charge is 0.312 e. The van der Waals surface area contributed by atoms with Crippen LogP contribution in [0, 0.1) is 11.3 Å². The number of ether oxygens (including phenoxy) is 2. The molecule has 2 aliphatic carbocycles. The first-order valence-corrected chi connectivity index (χ1v) is 9.42. The van der Waals surface area contributed by atoms with Crippen LogP contribution < -0.4 is 4.74 Å². The fourth-order valence-electron chi connectivity index (χ4n) is 4.60. The Kier molecular flexibility index (Phi) is 5.45. The van der Waals surface area contributed by atoms with Gasteiger partial charge in [0.15, 0.2) is 0 Å². The highest BCUT2D eigenvalue weighted by atomic mass is 16.5. The molecule has 3 rings (SSSR count). The fourth-order valence-corrected chi connectivity index (χ4v) is 4.60. The van der Waals surface area contributed by atoms with E-state index in [0.29, 0.717) is 37.6 Å². The van der Waals surface area contributed by atoms with E-state index in [9.17, 15) is 9.59 Å². The number of carbonyl (C=O) groups is 2. The molecule has 1 aromatic carbocycles. The number of ketones is 1. The van der Waals surface area contributed by atoms with Gasteiger partial charge >= 0.3 is 5.97 Å². The van der Waals surface area contributed by atoms with Crippen LogP contribution in [0.3, 0.4) is 0 Å². The summed E-state index contributed by atoms with van der Waals surface area (Å²) in [6.07, 6.45) is 5.53. The van der Waals surface area contributed by atoms with Gasteiger partial charge in [-0.2, -0.15) is 0 Å². The van der Waals surface area contributed by atoms with Crippen molar-refractivity contribution in [3.63, 3.8) is 0 Å². The van der Waals surface area contributed by atoms with Gasteiger partial charge in [-0.25, -0.2) is 0 Å². The number of hydrogen-bond donors (Lipinski definition) is 0. The Hall–Kier alpha value is -1.84. The number of carbonyl (C=O) groups excluding carboxylic acids is 2. The zero-order valence-electron chi connectivity index (χ0n) is 15.3. The summed E-state index contributed by atoms with van der Waals surface area (Å²) in [5, 5.41) is 0. The van der Waals surface area contributed by atoms with Crippen molar-refractivity contribution in [1.29, 1.82) is 0 Å². The second-order valence-electron chi connectivity index (χ2n) is 7.47. The van der Waals surface area contributed by atoms with E-state index in [1.165, 1.54) is 5.56 Å². The minimum absolute atomic E-state index is 0.0370. The summed E-state index contributed by atoms with van der Waals surface area (Å²) in [6.45, 7) is 2.25. The van der Waals surface area contributed by atoms with Crippen LogP contribution >= 0.6 is 0 Å². The second-order valence-corrected chi connectivity index (χ2v) is 7.47. The maximum atomic E-state index is 12.8. The van der Waals surface area contributed by atoms with Gasteiger partial charge in [0.25, 0.3) is 0 Å². The minimum Gasteiger partial charge on any atom is -0.497 e.